The van der Waals surface area contributed by atoms with E-state index in [0.717, 1.165) is 27.6 Å². The number of para-hydroxylation sites is 1. The minimum atomic E-state index is -0.580. The van der Waals surface area contributed by atoms with Crippen molar-refractivity contribution in [3.8, 4) is 0 Å². The first kappa shape index (κ1) is 17.4. The molecule has 2 heterocycles. The Kier molecular flexibility index (Phi) is 4.06. The predicted molar refractivity (Wildman–Crippen MR) is 104 cm³/mol. The normalized spacial score (nSPS) is 15.6. The lowest BCUT2D eigenvalue weighted by atomic mass is 10.1. The minimum absolute atomic E-state index is 0.00702. The molecule has 0 radical (unpaired) electrons. The molecule has 3 aromatic rings. The Bertz CT molecular complexity index is 1030. The third kappa shape index (κ3) is 3.35. The molecular weight excluding hydrogens is 344 g/mol. The van der Waals surface area contributed by atoms with E-state index in [1.807, 2.05) is 63.2 Å². The summed E-state index contributed by atoms with van der Waals surface area (Å²) < 4.78 is 11.3. The zero-order valence-corrected chi connectivity index (χ0v) is 15.7. The number of hydrogen-bond donors (Lipinski definition) is 0. The zero-order chi connectivity index (χ0) is 19.2. The molecule has 1 fully saturated rings. The van der Waals surface area contributed by atoms with Crippen molar-refractivity contribution in [1.82, 2.24) is 4.90 Å². The monoisotopic (exact) mass is 366 g/mol. The highest BCUT2D eigenvalue weighted by Gasteiger charge is 2.31. The summed E-state index contributed by atoms with van der Waals surface area (Å²) in [4.78, 5) is 28.0. The van der Waals surface area contributed by atoms with Gasteiger partial charge in [0.2, 0.25) is 5.91 Å². The SMILES string of the molecule is CC(C)(C)OC(=O)N1CCN(c2ccc3c(c2)oc2ccccc23)C(=O)C1. The summed E-state index contributed by atoms with van der Waals surface area (Å²) in [6.45, 7) is 6.29. The zero-order valence-electron chi connectivity index (χ0n) is 15.7. The summed E-state index contributed by atoms with van der Waals surface area (Å²) >= 11 is 0. The molecule has 140 valence electrons. The van der Waals surface area contributed by atoms with Gasteiger partial charge in [-0.25, -0.2) is 4.79 Å². The van der Waals surface area contributed by atoms with E-state index in [0.29, 0.717) is 13.1 Å². The second-order valence-corrected chi connectivity index (χ2v) is 7.73. The standard InChI is InChI=1S/C21H22N2O4/c1-21(2,3)27-20(25)22-10-11-23(19(24)13-22)14-8-9-16-15-6-4-5-7-17(15)26-18(16)12-14/h4-9,12H,10-11,13H2,1-3H3. The van der Waals surface area contributed by atoms with E-state index in [4.69, 9.17) is 9.15 Å². The highest BCUT2D eigenvalue weighted by atomic mass is 16.6. The molecule has 1 aliphatic heterocycles. The molecule has 27 heavy (non-hydrogen) atoms. The average Bonchev–Trinajstić information content (AvgIpc) is 2.97. The van der Waals surface area contributed by atoms with Crippen molar-refractivity contribution in [3.63, 3.8) is 0 Å². The van der Waals surface area contributed by atoms with Gasteiger partial charge < -0.3 is 14.1 Å². The number of amides is 2. The Labute approximate surface area is 157 Å². The van der Waals surface area contributed by atoms with E-state index in [2.05, 4.69) is 0 Å². The Morgan fingerprint density at radius 2 is 1.78 bits per heavy atom. The van der Waals surface area contributed by atoms with Gasteiger partial charge in [0.15, 0.2) is 0 Å². The van der Waals surface area contributed by atoms with Gasteiger partial charge in [0.05, 0.1) is 0 Å². The molecule has 4 rings (SSSR count). The van der Waals surface area contributed by atoms with E-state index in [1.165, 1.54) is 4.90 Å². The molecule has 0 spiro atoms. The van der Waals surface area contributed by atoms with E-state index >= 15 is 0 Å². The third-order valence-electron chi connectivity index (χ3n) is 4.55. The van der Waals surface area contributed by atoms with Gasteiger partial charge in [-0.15, -0.1) is 0 Å². The lowest BCUT2D eigenvalue weighted by Crippen LogP contribution is -2.53. The van der Waals surface area contributed by atoms with Gasteiger partial charge in [-0.1, -0.05) is 18.2 Å². The van der Waals surface area contributed by atoms with Crippen molar-refractivity contribution in [2.45, 2.75) is 26.4 Å². The first-order valence-electron chi connectivity index (χ1n) is 9.01. The lowest BCUT2D eigenvalue weighted by Gasteiger charge is -2.35. The summed E-state index contributed by atoms with van der Waals surface area (Å²) in [5.74, 6) is -0.137. The van der Waals surface area contributed by atoms with Gasteiger partial charge in [0.1, 0.15) is 23.3 Å². The summed E-state index contributed by atoms with van der Waals surface area (Å²) in [7, 11) is 0. The number of benzene rings is 2. The largest absolute Gasteiger partial charge is 0.456 e. The molecule has 1 aliphatic rings. The molecule has 2 aromatic carbocycles. The van der Waals surface area contributed by atoms with Crippen molar-refractivity contribution in [3.05, 3.63) is 42.5 Å². The number of hydrogen-bond acceptors (Lipinski definition) is 4. The second-order valence-electron chi connectivity index (χ2n) is 7.73. The third-order valence-corrected chi connectivity index (χ3v) is 4.55. The van der Waals surface area contributed by atoms with Crippen LogP contribution >= 0.6 is 0 Å². The molecular formula is C21H22N2O4. The van der Waals surface area contributed by atoms with Crippen LogP contribution in [0, 0.1) is 0 Å². The first-order valence-corrected chi connectivity index (χ1v) is 9.01. The number of carbonyl (C=O) groups excluding carboxylic acids is 2. The van der Waals surface area contributed by atoms with Gasteiger partial charge in [-0.05, 0) is 39.0 Å². The second kappa shape index (κ2) is 6.30. The number of rotatable bonds is 1. The molecule has 0 unspecified atom stereocenters. The topological polar surface area (TPSA) is 63.0 Å². The van der Waals surface area contributed by atoms with E-state index < -0.39 is 11.7 Å². The highest BCUT2D eigenvalue weighted by molar-refractivity contribution is 6.07. The van der Waals surface area contributed by atoms with Crippen LogP contribution in [0.2, 0.25) is 0 Å². The molecule has 1 saturated heterocycles. The van der Waals surface area contributed by atoms with Crippen LogP contribution < -0.4 is 4.90 Å². The number of furan rings is 1. The van der Waals surface area contributed by atoms with E-state index in [-0.39, 0.29) is 12.5 Å². The maximum Gasteiger partial charge on any atom is 0.410 e. The van der Waals surface area contributed by atoms with Crippen LogP contribution in [-0.2, 0) is 9.53 Å². The Hall–Kier alpha value is -3.02. The van der Waals surface area contributed by atoms with Crippen molar-refractivity contribution in [1.29, 1.82) is 0 Å². The Morgan fingerprint density at radius 3 is 2.52 bits per heavy atom. The van der Waals surface area contributed by atoms with Crippen molar-refractivity contribution in [2.75, 3.05) is 24.5 Å². The molecule has 0 N–H and O–H groups in total. The van der Waals surface area contributed by atoms with Crippen LogP contribution in [0.4, 0.5) is 10.5 Å². The number of nitrogens with zero attached hydrogens (tertiary/aromatic N) is 2. The van der Waals surface area contributed by atoms with Gasteiger partial charge in [-0.2, -0.15) is 0 Å². The molecule has 1 aromatic heterocycles. The fourth-order valence-electron chi connectivity index (χ4n) is 3.31. The van der Waals surface area contributed by atoms with Gasteiger partial charge in [-0.3, -0.25) is 9.69 Å². The summed E-state index contributed by atoms with van der Waals surface area (Å²) in [6.07, 6.45) is -0.455. The number of ether oxygens (including phenoxy) is 1. The molecule has 6 nitrogen and oxygen atoms in total. The molecule has 2 amide bonds. The van der Waals surface area contributed by atoms with Crippen molar-refractivity contribution >= 4 is 39.6 Å². The predicted octanol–water partition coefficient (Wildman–Crippen LogP) is 4.17. The number of carbonyl (C=O) groups is 2. The Balaban J connectivity index is 1.55. The van der Waals surface area contributed by atoms with Crippen molar-refractivity contribution < 1.29 is 18.7 Å². The van der Waals surface area contributed by atoms with Crippen LogP contribution in [-0.4, -0.2) is 42.1 Å². The molecule has 6 heteroatoms. The summed E-state index contributed by atoms with van der Waals surface area (Å²) in [5.41, 5.74) is 1.76. The van der Waals surface area contributed by atoms with E-state index in [9.17, 15) is 9.59 Å². The number of fused-ring (bicyclic) bond motifs is 3. The molecule has 0 atom stereocenters. The summed E-state index contributed by atoms with van der Waals surface area (Å²) in [5, 5.41) is 2.08. The van der Waals surface area contributed by atoms with E-state index in [1.54, 1.807) is 4.90 Å². The van der Waals surface area contributed by atoms with Gasteiger partial charge in [0.25, 0.3) is 0 Å². The van der Waals surface area contributed by atoms with Crippen LogP contribution in [0.25, 0.3) is 21.9 Å². The molecule has 0 bridgehead atoms. The quantitative estimate of drug-likeness (QED) is 0.648. The maximum atomic E-state index is 12.6. The molecule has 0 saturated carbocycles. The molecule has 0 aliphatic carbocycles. The van der Waals surface area contributed by atoms with Crippen molar-refractivity contribution in [2.24, 2.45) is 0 Å². The lowest BCUT2D eigenvalue weighted by molar-refractivity contribution is -0.121. The summed E-state index contributed by atoms with van der Waals surface area (Å²) in [6, 6.07) is 13.6. The minimum Gasteiger partial charge on any atom is -0.456 e. The maximum absolute atomic E-state index is 12.6. The van der Waals surface area contributed by atoms with Crippen LogP contribution in [0.5, 0.6) is 0 Å². The first-order chi connectivity index (χ1) is 12.8. The van der Waals surface area contributed by atoms with Crippen LogP contribution in [0.1, 0.15) is 20.8 Å². The van der Waals surface area contributed by atoms with Gasteiger partial charge >= 0.3 is 6.09 Å². The van der Waals surface area contributed by atoms with Crippen LogP contribution in [0.15, 0.2) is 46.9 Å². The highest BCUT2D eigenvalue weighted by Crippen LogP contribution is 2.32. The Morgan fingerprint density at radius 1 is 1.04 bits per heavy atom. The van der Waals surface area contributed by atoms with Gasteiger partial charge in [0, 0.05) is 35.6 Å². The van der Waals surface area contributed by atoms with Crippen LogP contribution in [0.3, 0.4) is 0 Å². The average molecular weight is 366 g/mol. The fourth-order valence-corrected chi connectivity index (χ4v) is 3.31. The number of piperazine rings is 1. The number of anilines is 1. The fraction of sp³-hybridized carbons (Fsp3) is 0.333. The smallest absolute Gasteiger partial charge is 0.410 e.